The maximum absolute atomic E-state index is 12.9. The van der Waals surface area contributed by atoms with E-state index >= 15 is 0 Å². The van der Waals surface area contributed by atoms with Crippen molar-refractivity contribution in [1.29, 1.82) is 0 Å². The summed E-state index contributed by atoms with van der Waals surface area (Å²) in [6.45, 7) is 1.85. The Balaban J connectivity index is 1.80. The molecule has 0 radical (unpaired) electrons. The summed E-state index contributed by atoms with van der Waals surface area (Å²) in [6, 6.07) is 8.37. The second-order valence-corrected chi connectivity index (χ2v) is 8.97. The Labute approximate surface area is 144 Å². The van der Waals surface area contributed by atoms with Crippen LogP contribution < -0.4 is 9.62 Å². The second-order valence-electron chi connectivity index (χ2n) is 7.11. The molecule has 2 aliphatic carbocycles. The van der Waals surface area contributed by atoms with Crippen molar-refractivity contribution in [2.45, 2.75) is 51.1 Å². The molecule has 0 unspecified atom stereocenters. The summed E-state index contributed by atoms with van der Waals surface area (Å²) in [5.41, 5.74) is 0.537. The molecule has 0 spiro atoms. The molecule has 1 amide bonds. The van der Waals surface area contributed by atoms with Crippen LogP contribution in [0.3, 0.4) is 0 Å². The average molecular weight is 350 g/mol. The molecule has 0 aromatic heterocycles. The van der Waals surface area contributed by atoms with Gasteiger partial charge < -0.3 is 5.32 Å². The molecule has 0 saturated heterocycles. The Morgan fingerprint density at radius 2 is 1.96 bits per heavy atom. The van der Waals surface area contributed by atoms with Crippen LogP contribution in [0, 0.1) is 11.8 Å². The van der Waals surface area contributed by atoms with Crippen LogP contribution >= 0.6 is 0 Å². The fourth-order valence-corrected chi connectivity index (χ4v) is 5.55. The highest BCUT2D eigenvalue weighted by molar-refractivity contribution is 7.92. The number of hydrogen-bond acceptors (Lipinski definition) is 3. The van der Waals surface area contributed by atoms with Gasteiger partial charge in [0.05, 0.1) is 11.9 Å². The van der Waals surface area contributed by atoms with Gasteiger partial charge in [0, 0.05) is 6.04 Å². The average Bonchev–Trinajstić information content (AvgIpc) is 3.14. The van der Waals surface area contributed by atoms with Crippen LogP contribution in [-0.4, -0.2) is 32.7 Å². The van der Waals surface area contributed by atoms with Gasteiger partial charge in [0.25, 0.3) is 0 Å². The van der Waals surface area contributed by atoms with Crippen molar-refractivity contribution in [1.82, 2.24) is 5.32 Å². The van der Waals surface area contributed by atoms with Gasteiger partial charge in [-0.05, 0) is 49.7 Å². The van der Waals surface area contributed by atoms with Gasteiger partial charge in [-0.15, -0.1) is 0 Å². The van der Waals surface area contributed by atoms with E-state index in [0.29, 0.717) is 18.0 Å². The van der Waals surface area contributed by atoms with Crippen molar-refractivity contribution in [2.75, 3.05) is 10.6 Å². The van der Waals surface area contributed by atoms with Crippen molar-refractivity contribution >= 4 is 21.6 Å². The van der Waals surface area contributed by atoms with Gasteiger partial charge in [0.15, 0.2) is 0 Å². The number of fused-ring (bicyclic) bond motifs is 2. The van der Waals surface area contributed by atoms with Crippen LogP contribution in [0.1, 0.15) is 39.0 Å². The minimum absolute atomic E-state index is 0.177. The first-order valence-electron chi connectivity index (χ1n) is 8.75. The SMILES string of the molecule is CC[C@H](C(=O)N[C@@H]1C[C@H]2CC[C@H]1C2)N(c1ccccc1)S(C)(=O)=O. The summed E-state index contributed by atoms with van der Waals surface area (Å²) in [5, 5.41) is 3.14. The Kier molecular flexibility index (Phi) is 4.85. The molecule has 2 fully saturated rings. The van der Waals surface area contributed by atoms with Crippen LogP contribution in [0.2, 0.25) is 0 Å². The lowest BCUT2D eigenvalue weighted by atomic mass is 9.95. The fourth-order valence-electron chi connectivity index (χ4n) is 4.34. The topological polar surface area (TPSA) is 66.5 Å². The highest BCUT2D eigenvalue weighted by Crippen LogP contribution is 2.44. The van der Waals surface area contributed by atoms with Crippen molar-refractivity contribution in [3.05, 3.63) is 30.3 Å². The number of hydrogen-bond donors (Lipinski definition) is 1. The standard InChI is InChI=1S/C18H26N2O3S/c1-3-17(18(21)19-16-12-13-9-10-14(16)11-13)20(24(2,22)23)15-7-5-4-6-8-15/h4-8,13-14,16-17H,3,9-12H2,1-2H3,(H,19,21)/t13-,14-,16+,17+/m0/s1. The van der Waals surface area contributed by atoms with E-state index in [0.717, 1.165) is 18.6 Å². The zero-order valence-electron chi connectivity index (χ0n) is 14.3. The van der Waals surface area contributed by atoms with Crippen LogP contribution in [0.15, 0.2) is 30.3 Å². The molecule has 2 saturated carbocycles. The van der Waals surface area contributed by atoms with E-state index in [9.17, 15) is 13.2 Å². The van der Waals surface area contributed by atoms with Gasteiger partial charge in [-0.25, -0.2) is 8.42 Å². The predicted molar refractivity (Wildman–Crippen MR) is 95.2 cm³/mol. The molecule has 24 heavy (non-hydrogen) atoms. The molecular weight excluding hydrogens is 324 g/mol. The fraction of sp³-hybridized carbons (Fsp3) is 0.611. The van der Waals surface area contributed by atoms with E-state index < -0.39 is 16.1 Å². The minimum Gasteiger partial charge on any atom is -0.351 e. The first kappa shape index (κ1) is 17.3. The van der Waals surface area contributed by atoms with E-state index in [1.807, 2.05) is 13.0 Å². The number of carbonyl (C=O) groups is 1. The third-order valence-electron chi connectivity index (χ3n) is 5.41. The van der Waals surface area contributed by atoms with E-state index in [1.165, 1.54) is 23.6 Å². The van der Waals surface area contributed by atoms with E-state index in [4.69, 9.17) is 0 Å². The van der Waals surface area contributed by atoms with Gasteiger partial charge in [0.1, 0.15) is 6.04 Å². The molecule has 132 valence electrons. The summed E-state index contributed by atoms with van der Waals surface area (Å²) in [5.74, 6) is 1.13. The summed E-state index contributed by atoms with van der Waals surface area (Å²) in [6.07, 6.45) is 6.30. The van der Waals surface area contributed by atoms with Crippen molar-refractivity contribution in [3.63, 3.8) is 0 Å². The molecule has 4 atom stereocenters. The Morgan fingerprint density at radius 3 is 2.46 bits per heavy atom. The second kappa shape index (κ2) is 6.75. The minimum atomic E-state index is -3.55. The van der Waals surface area contributed by atoms with Crippen LogP contribution in [-0.2, 0) is 14.8 Å². The third-order valence-corrected chi connectivity index (χ3v) is 6.59. The monoisotopic (exact) mass is 350 g/mol. The maximum atomic E-state index is 12.9. The number of para-hydroxylation sites is 1. The number of benzene rings is 1. The summed E-state index contributed by atoms with van der Waals surface area (Å²) >= 11 is 0. The van der Waals surface area contributed by atoms with Crippen molar-refractivity contribution in [3.8, 4) is 0 Å². The number of rotatable bonds is 6. The van der Waals surface area contributed by atoms with E-state index in [-0.39, 0.29) is 11.9 Å². The highest BCUT2D eigenvalue weighted by atomic mass is 32.2. The number of nitrogens with one attached hydrogen (secondary N) is 1. The van der Waals surface area contributed by atoms with E-state index in [2.05, 4.69) is 5.32 Å². The van der Waals surface area contributed by atoms with Crippen LogP contribution in [0.4, 0.5) is 5.69 Å². The normalized spacial score (nSPS) is 27.0. The lowest BCUT2D eigenvalue weighted by Gasteiger charge is -2.32. The smallest absolute Gasteiger partial charge is 0.244 e. The zero-order valence-corrected chi connectivity index (χ0v) is 15.1. The Hall–Kier alpha value is -1.56. The molecule has 2 aliphatic rings. The van der Waals surface area contributed by atoms with Gasteiger partial charge in [0.2, 0.25) is 15.9 Å². The van der Waals surface area contributed by atoms with E-state index in [1.54, 1.807) is 24.3 Å². The first-order valence-corrected chi connectivity index (χ1v) is 10.6. The first-order chi connectivity index (χ1) is 11.4. The predicted octanol–water partition coefficient (Wildman–Crippen LogP) is 2.54. The summed E-state index contributed by atoms with van der Waals surface area (Å²) in [4.78, 5) is 12.9. The van der Waals surface area contributed by atoms with Gasteiger partial charge in [-0.2, -0.15) is 0 Å². The molecule has 0 aliphatic heterocycles. The largest absolute Gasteiger partial charge is 0.351 e. The maximum Gasteiger partial charge on any atom is 0.244 e. The molecule has 1 aromatic rings. The molecule has 6 heteroatoms. The highest BCUT2D eigenvalue weighted by Gasteiger charge is 2.41. The summed E-state index contributed by atoms with van der Waals surface area (Å²) in [7, 11) is -3.55. The lowest BCUT2D eigenvalue weighted by molar-refractivity contribution is -0.123. The van der Waals surface area contributed by atoms with Gasteiger partial charge in [-0.1, -0.05) is 31.5 Å². The Bertz CT molecular complexity index is 689. The van der Waals surface area contributed by atoms with Crippen LogP contribution in [0.25, 0.3) is 0 Å². The quantitative estimate of drug-likeness (QED) is 0.857. The number of anilines is 1. The van der Waals surface area contributed by atoms with Gasteiger partial charge >= 0.3 is 0 Å². The Morgan fingerprint density at radius 1 is 1.25 bits per heavy atom. The number of sulfonamides is 1. The molecule has 2 bridgehead atoms. The van der Waals surface area contributed by atoms with Crippen molar-refractivity contribution in [2.24, 2.45) is 11.8 Å². The van der Waals surface area contributed by atoms with Crippen LogP contribution in [0.5, 0.6) is 0 Å². The third kappa shape index (κ3) is 3.43. The lowest BCUT2D eigenvalue weighted by Crippen LogP contribution is -2.52. The van der Waals surface area contributed by atoms with Gasteiger partial charge in [-0.3, -0.25) is 9.10 Å². The summed E-state index contributed by atoms with van der Waals surface area (Å²) < 4.78 is 26.0. The number of carbonyl (C=O) groups excluding carboxylic acids is 1. The molecule has 0 heterocycles. The number of nitrogens with zero attached hydrogens (tertiary/aromatic N) is 1. The molecular formula is C18H26N2O3S. The molecule has 1 N–H and O–H groups in total. The molecule has 5 nitrogen and oxygen atoms in total. The molecule has 1 aromatic carbocycles. The zero-order chi connectivity index (χ0) is 17.3. The molecule has 3 rings (SSSR count). The van der Waals surface area contributed by atoms with Crippen molar-refractivity contribution < 1.29 is 13.2 Å². The number of amides is 1.